The molecule has 3 aliphatic carbocycles. The van der Waals surface area contributed by atoms with Crippen LogP contribution in [0.3, 0.4) is 0 Å². The van der Waals surface area contributed by atoms with Crippen molar-refractivity contribution < 1.29 is 18.7 Å². The van der Waals surface area contributed by atoms with Crippen molar-refractivity contribution in [1.82, 2.24) is 10.6 Å². The van der Waals surface area contributed by atoms with E-state index in [0.717, 1.165) is 24.6 Å². The number of nitrogens with one attached hydrogen (secondary N) is 2. The van der Waals surface area contributed by atoms with Crippen molar-refractivity contribution >= 4 is 29.1 Å². The third kappa shape index (κ3) is 3.79. The maximum absolute atomic E-state index is 13.5. The maximum atomic E-state index is 13.5. The summed E-state index contributed by atoms with van der Waals surface area (Å²) < 4.78 is 18.9. The van der Waals surface area contributed by atoms with Crippen LogP contribution < -0.4 is 20.3 Å². The molecule has 3 fully saturated rings. The number of anilines is 1. The predicted octanol–water partition coefficient (Wildman–Crippen LogP) is 3.07. The molecule has 32 heavy (non-hydrogen) atoms. The number of benzene rings is 2. The number of amides is 2. The van der Waals surface area contributed by atoms with Gasteiger partial charge in [-0.25, -0.2) is 4.39 Å². The zero-order valence-corrected chi connectivity index (χ0v) is 18.5. The number of nitrogens with zero attached hydrogens (tertiary/aromatic N) is 1. The number of carbonyl (C=O) groups is 2. The Hall–Kier alpha value is -2.80. The first-order valence-electron chi connectivity index (χ1n) is 10.8. The molecule has 168 valence electrons. The van der Waals surface area contributed by atoms with Gasteiger partial charge in [-0.3, -0.25) is 9.59 Å². The van der Waals surface area contributed by atoms with Crippen molar-refractivity contribution in [3.8, 4) is 5.75 Å². The fourth-order valence-electron chi connectivity index (χ4n) is 5.42. The van der Waals surface area contributed by atoms with Crippen LogP contribution in [0.2, 0.25) is 5.02 Å². The fourth-order valence-corrected chi connectivity index (χ4v) is 5.54. The number of ether oxygens (including phenoxy) is 1. The molecule has 6 nitrogen and oxygen atoms in total. The van der Waals surface area contributed by atoms with E-state index in [9.17, 15) is 14.0 Å². The minimum absolute atomic E-state index is 0.00635. The van der Waals surface area contributed by atoms with Crippen molar-refractivity contribution in [2.75, 3.05) is 18.6 Å². The Bertz CT molecular complexity index is 1070. The minimum Gasteiger partial charge on any atom is -0.484 e. The Morgan fingerprint density at radius 3 is 2.75 bits per heavy atom. The van der Waals surface area contributed by atoms with Crippen LogP contribution in [-0.2, 0) is 16.0 Å². The number of halogens is 2. The van der Waals surface area contributed by atoms with E-state index in [1.165, 1.54) is 17.7 Å². The largest absolute Gasteiger partial charge is 0.484 e. The molecule has 1 unspecified atom stereocenters. The number of fused-ring (bicyclic) bond motifs is 2. The molecule has 0 aromatic heterocycles. The van der Waals surface area contributed by atoms with Gasteiger partial charge in [0, 0.05) is 36.8 Å². The molecular weight excluding hydrogens is 433 g/mol. The van der Waals surface area contributed by atoms with Crippen LogP contribution >= 0.6 is 11.6 Å². The molecule has 2 aromatic carbocycles. The molecule has 6 rings (SSSR count). The Morgan fingerprint density at radius 1 is 1.22 bits per heavy atom. The number of hydrogen-bond donors (Lipinski definition) is 2. The molecule has 2 N–H and O–H groups in total. The quantitative estimate of drug-likeness (QED) is 0.699. The highest BCUT2D eigenvalue weighted by Crippen LogP contribution is 2.52. The molecule has 1 heterocycles. The average Bonchev–Trinajstić information content (AvgIpc) is 3.37. The molecule has 0 saturated heterocycles. The van der Waals surface area contributed by atoms with Crippen molar-refractivity contribution in [2.24, 2.45) is 5.92 Å². The van der Waals surface area contributed by atoms with Crippen LogP contribution in [0.15, 0.2) is 42.5 Å². The van der Waals surface area contributed by atoms with E-state index < -0.39 is 5.82 Å². The topological polar surface area (TPSA) is 70.7 Å². The lowest BCUT2D eigenvalue weighted by atomic mass is 9.76. The molecule has 4 aliphatic rings. The summed E-state index contributed by atoms with van der Waals surface area (Å²) in [5, 5.41) is 6.30. The zero-order chi connectivity index (χ0) is 22.5. The van der Waals surface area contributed by atoms with E-state index in [2.05, 4.69) is 16.7 Å². The van der Waals surface area contributed by atoms with Gasteiger partial charge < -0.3 is 20.3 Å². The van der Waals surface area contributed by atoms with Crippen molar-refractivity contribution in [3.63, 3.8) is 0 Å². The normalized spacial score (nSPS) is 27.5. The Labute approximate surface area is 191 Å². The number of carbonyl (C=O) groups excluding carboxylic acids is 2. The van der Waals surface area contributed by atoms with Crippen LogP contribution in [-0.4, -0.2) is 43.1 Å². The standard InChI is InChI=1S/C24H25ClFN3O3/c1-29-20-5-3-2-4-14(20)8-21(29)23(31)28-24-10-15(11-24)19(12-24)27-22(30)13-32-16-6-7-17(25)18(26)9-16/h2-7,9,15,19,21H,8,10-13H2,1H3,(H,27,30)(H,28,31)/t15?,19-,21?,24?/m0/s1. The summed E-state index contributed by atoms with van der Waals surface area (Å²) in [6.07, 6.45) is 3.17. The highest BCUT2D eigenvalue weighted by atomic mass is 35.5. The first-order valence-corrected chi connectivity index (χ1v) is 11.2. The highest BCUT2D eigenvalue weighted by Gasteiger charge is 2.57. The van der Waals surface area contributed by atoms with E-state index in [-0.39, 0.29) is 46.8 Å². The molecular formula is C24H25ClFN3O3. The van der Waals surface area contributed by atoms with Gasteiger partial charge in [-0.15, -0.1) is 0 Å². The second-order valence-electron chi connectivity index (χ2n) is 9.14. The van der Waals surface area contributed by atoms with Gasteiger partial charge in [0.2, 0.25) is 5.91 Å². The molecule has 2 aromatic rings. The van der Waals surface area contributed by atoms with Gasteiger partial charge in [-0.2, -0.15) is 0 Å². The number of para-hydroxylation sites is 1. The highest BCUT2D eigenvalue weighted by molar-refractivity contribution is 6.30. The number of hydrogen-bond acceptors (Lipinski definition) is 4. The second kappa shape index (κ2) is 7.96. The molecule has 1 aliphatic heterocycles. The average molecular weight is 458 g/mol. The molecule has 3 saturated carbocycles. The summed E-state index contributed by atoms with van der Waals surface area (Å²) in [6, 6.07) is 12.0. The molecule has 0 spiro atoms. The van der Waals surface area contributed by atoms with Gasteiger partial charge in [0.15, 0.2) is 6.61 Å². The number of rotatable bonds is 6. The molecule has 2 bridgehead atoms. The third-order valence-corrected chi connectivity index (χ3v) is 7.34. The van der Waals surface area contributed by atoms with E-state index >= 15 is 0 Å². The van der Waals surface area contributed by atoms with Gasteiger partial charge in [0.05, 0.1) is 5.02 Å². The second-order valence-corrected chi connectivity index (χ2v) is 9.55. The molecule has 2 atom stereocenters. The van der Waals surface area contributed by atoms with Crippen molar-refractivity contribution in [2.45, 2.75) is 43.3 Å². The van der Waals surface area contributed by atoms with Crippen molar-refractivity contribution in [1.29, 1.82) is 0 Å². The van der Waals surface area contributed by atoms with E-state index in [1.807, 2.05) is 30.1 Å². The predicted molar refractivity (Wildman–Crippen MR) is 119 cm³/mol. The third-order valence-electron chi connectivity index (χ3n) is 7.04. The van der Waals surface area contributed by atoms with Crippen LogP contribution in [0.5, 0.6) is 5.75 Å². The van der Waals surface area contributed by atoms with E-state index in [1.54, 1.807) is 0 Å². The fraction of sp³-hybridized carbons (Fsp3) is 0.417. The van der Waals surface area contributed by atoms with Crippen LogP contribution in [0.4, 0.5) is 10.1 Å². The summed E-state index contributed by atoms with van der Waals surface area (Å²) in [4.78, 5) is 27.4. The first-order chi connectivity index (χ1) is 15.3. The lowest BCUT2D eigenvalue weighted by molar-refractivity contribution is -0.125. The van der Waals surface area contributed by atoms with Crippen LogP contribution in [0.1, 0.15) is 24.8 Å². The SMILES string of the molecule is CN1c2ccccc2CC1C(=O)NC12CC(C1)[C@@H](NC(=O)COc1ccc(Cl)c(F)c1)C2. The maximum Gasteiger partial charge on any atom is 0.258 e. The van der Waals surface area contributed by atoms with Gasteiger partial charge in [0.25, 0.3) is 5.91 Å². The van der Waals surface area contributed by atoms with Crippen LogP contribution in [0, 0.1) is 11.7 Å². The Kier molecular flexibility index (Phi) is 5.24. The van der Waals surface area contributed by atoms with Gasteiger partial charge in [-0.05, 0) is 48.9 Å². The van der Waals surface area contributed by atoms with Crippen LogP contribution in [0.25, 0.3) is 0 Å². The minimum atomic E-state index is -0.588. The summed E-state index contributed by atoms with van der Waals surface area (Å²) in [6.45, 7) is -0.200. The van der Waals surface area contributed by atoms with Gasteiger partial charge in [-0.1, -0.05) is 29.8 Å². The lowest BCUT2D eigenvalue weighted by Crippen LogP contribution is -2.56. The summed E-state index contributed by atoms with van der Waals surface area (Å²) in [5.74, 6) is -0.198. The Balaban J connectivity index is 1.12. The number of likely N-dealkylation sites (N-methyl/N-ethyl adjacent to an activating group) is 1. The first kappa shape index (κ1) is 21.1. The molecule has 8 heteroatoms. The van der Waals surface area contributed by atoms with E-state index in [4.69, 9.17) is 16.3 Å². The molecule has 0 radical (unpaired) electrons. The zero-order valence-electron chi connectivity index (χ0n) is 17.7. The summed E-state index contributed by atoms with van der Waals surface area (Å²) >= 11 is 5.66. The van der Waals surface area contributed by atoms with Crippen molar-refractivity contribution in [3.05, 3.63) is 58.9 Å². The molecule has 2 amide bonds. The van der Waals surface area contributed by atoms with Gasteiger partial charge in [0.1, 0.15) is 17.6 Å². The summed E-state index contributed by atoms with van der Waals surface area (Å²) in [5.41, 5.74) is 2.06. The summed E-state index contributed by atoms with van der Waals surface area (Å²) in [7, 11) is 1.96. The van der Waals surface area contributed by atoms with Gasteiger partial charge >= 0.3 is 0 Å². The lowest BCUT2D eigenvalue weighted by Gasteiger charge is -2.40. The van der Waals surface area contributed by atoms with E-state index in [0.29, 0.717) is 18.8 Å². The monoisotopic (exact) mass is 457 g/mol. The smallest absolute Gasteiger partial charge is 0.258 e. The Morgan fingerprint density at radius 2 is 2.00 bits per heavy atom.